The monoisotopic (exact) mass is 224 g/mol. The molecular formula is C16H32. The van der Waals surface area contributed by atoms with E-state index in [9.17, 15) is 0 Å². The second-order valence-electron chi connectivity index (χ2n) is 6.95. The Morgan fingerprint density at radius 1 is 1.00 bits per heavy atom. The minimum atomic E-state index is 0.495. The van der Waals surface area contributed by atoms with Crippen molar-refractivity contribution >= 4 is 0 Å². The van der Waals surface area contributed by atoms with Crippen molar-refractivity contribution in [3.05, 3.63) is 0 Å². The first-order chi connectivity index (χ1) is 7.42. The Hall–Kier alpha value is 0. The van der Waals surface area contributed by atoms with E-state index in [1.54, 1.807) is 0 Å². The van der Waals surface area contributed by atoms with Gasteiger partial charge in [0.2, 0.25) is 0 Å². The minimum Gasteiger partial charge on any atom is -0.0654 e. The van der Waals surface area contributed by atoms with Gasteiger partial charge in [-0.3, -0.25) is 0 Å². The summed E-state index contributed by atoms with van der Waals surface area (Å²) >= 11 is 0. The second-order valence-corrected chi connectivity index (χ2v) is 6.95. The summed E-state index contributed by atoms with van der Waals surface area (Å²) < 4.78 is 0. The molecule has 0 aromatic heterocycles. The van der Waals surface area contributed by atoms with E-state index >= 15 is 0 Å². The van der Waals surface area contributed by atoms with Crippen LogP contribution in [-0.4, -0.2) is 0 Å². The molecule has 0 N–H and O–H groups in total. The molecule has 1 unspecified atom stereocenters. The van der Waals surface area contributed by atoms with Crippen LogP contribution < -0.4 is 0 Å². The van der Waals surface area contributed by atoms with Crippen LogP contribution in [-0.2, 0) is 0 Å². The summed E-state index contributed by atoms with van der Waals surface area (Å²) in [5, 5.41) is 0. The van der Waals surface area contributed by atoms with E-state index in [1.807, 2.05) is 0 Å². The van der Waals surface area contributed by atoms with Crippen LogP contribution in [0, 0.1) is 22.7 Å². The highest BCUT2D eigenvalue weighted by molar-refractivity contribution is 5.05. The van der Waals surface area contributed by atoms with Crippen molar-refractivity contribution in [3.63, 3.8) is 0 Å². The molecule has 0 saturated heterocycles. The summed E-state index contributed by atoms with van der Waals surface area (Å²) in [5.41, 5.74) is 1.22. The van der Waals surface area contributed by atoms with Crippen molar-refractivity contribution in [2.45, 2.75) is 80.1 Å². The lowest BCUT2D eigenvalue weighted by atomic mass is 9.63. The van der Waals surface area contributed by atoms with Crippen molar-refractivity contribution in [1.29, 1.82) is 0 Å². The minimum absolute atomic E-state index is 0.495. The maximum Gasteiger partial charge on any atom is -0.0236 e. The molecule has 1 rings (SSSR count). The van der Waals surface area contributed by atoms with Crippen LogP contribution in [0.1, 0.15) is 80.1 Å². The molecule has 1 atom stereocenters. The summed E-state index contributed by atoms with van der Waals surface area (Å²) in [6.45, 7) is 14.5. The summed E-state index contributed by atoms with van der Waals surface area (Å²) in [4.78, 5) is 0. The van der Waals surface area contributed by atoms with Crippen LogP contribution in [0.4, 0.5) is 0 Å². The van der Waals surface area contributed by atoms with Gasteiger partial charge in [-0.1, -0.05) is 60.8 Å². The van der Waals surface area contributed by atoms with Gasteiger partial charge in [-0.25, -0.2) is 0 Å². The number of hydrogen-bond acceptors (Lipinski definition) is 0. The van der Waals surface area contributed by atoms with Gasteiger partial charge in [0.05, 0.1) is 0 Å². The van der Waals surface area contributed by atoms with Crippen molar-refractivity contribution in [3.8, 4) is 0 Å². The normalized spacial score (nSPS) is 21.2. The van der Waals surface area contributed by atoms with Gasteiger partial charge in [0.25, 0.3) is 0 Å². The fourth-order valence-electron chi connectivity index (χ4n) is 4.16. The van der Waals surface area contributed by atoms with Gasteiger partial charge in [0.15, 0.2) is 0 Å². The zero-order valence-electron chi connectivity index (χ0n) is 12.4. The van der Waals surface area contributed by atoms with Crippen molar-refractivity contribution < 1.29 is 0 Å². The summed E-state index contributed by atoms with van der Waals surface area (Å²) in [7, 11) is 0. The van der Waals surface area contributed by atoms with Gasteiger partial charge in [0, 0.05) is 0 Å². The third kappa shape index (κ3) is 2.63. The fraction of sp³-hybridized carbons (Fsp3) is 1.00. The summed E-state index contributed by atoms with van der Waals surface area (Å²) in [5.74, 6) is 1.91. The lowest BCUT2D eigenvalue weighted by molar-refractivity contribution is 0.0743. The van der Waals surface area contributed by atoms with Crippen LogP contribution in [0.2, 0.25) is 0 Å². The van der Waals surface area contributed by atoms with Crippen LogP contribution >= 0.6 is 0 Å². The summed E-state index contributed by atoms with van der Waals surface area (Å²) in [6, 6.07) is 0. The lowest BCUT2D eigenvalue weighted by Crippen LogP contribution is -2.34. The van der Waals surface area contributed by atoms with E-state index in [1.165, 1.54) is 38.5 Å². The Morgan fingerprint density at radius 2 is 1.50 bits per heavy atom. The number of hydrogen-bond donors (Lipinski definition) is 0. The smallest absolute Gasteiger partial charge is 0.0236 e. The molecule has 0 aromatic carbocycles. The van der Waals surface area contributed by atoms with Gasteiger partial charge in [-0.2, -0.15) is 0 Å². The van der Waals surface area contributed by atoms with Crippen LogP contribution in [0.3, 0.4) is 0 Å². The molecule has 1 aliphatic rings. The first kappa shape index (κ1) is 14.1. The van der Waals surface area contributed by atoms with Gasteiger partial charge >= 0.3 is 0 Å². The third-order valence-corrected chi connectivity index (χ3v) is 4.94. The van der Waals surface area contributed by atoms with Gasteiger partial charge in [-0.05, 0) is 41.9 Å². The molecule has 0 spiro atoms. The molecule has 0 amide bonds. The average molecular weight is 224 g/mol. The SMILES string of the molecule is CCCC(C(C)(C)C)C1(C(CC)CC)CC1. The fourth-order valence-corrected chi connectivity index (χ4v) is 4.16. The molecule has 0 heteroatoms. The predicted octanol–water partition coefficient (Wildman–Crippen LogP) is 5.67. The van der Waals surface area contributed by atoms with E-state index in [0.717, 1.165) is 17.3 Å². The highest BCUT2D eigenvalue weighted by Crippen LogP contribution is 2.64. The summed E-state index contributed by atoms with van der Waals surface area (Å²) in [6.07, 6.45) is 8.55. The Morgan fingerprint density at radius 3 is 1.75 bits per heavy atom. The molecule has 1 saturated carbocycles. The molecule has 0 heterocycles. The molecule has 0 radical (unpaired) electrons. The largest absolute Gasteiger partial charge is 0.0654 e. The predicted molar refractivity (Wildman–Crippen MR) is 73.6 cm³/mol. The third-order valence-electron chi connectivity index (χ3n) is 4.94. The zero-order valence-corrected chi connectivity index (χ0v) is 12.4. The Labute approximate surface area is 103 Å². The van der Waals surface area contributed by atoms with Crippen LogP contribution in [0.25, 0.3) is 0 Å². The standard InChI is InChI=1S/C16H32/c1-7-10-14(15(4,5)6)16(11-12-16)13(8-2)9-3/h13-14H,7-12H2,1-6H3. The zero-order chi connectivity index (χ0) is 12.4. The quantitative estimate of drug-likeness (QED) is 0.545. The molecule has 0 bridgehead atoms. The Balaban J connectivity index is 2.85. The average Bonchev–Trinajstić information content (AvgIpc) is 2.96. The van der Waals surface area contributed by atoms with E-state index in [0.29, 0.717) is 5.41 Å². The van der Waals surface area contributed by atoms with Gasteiger partial charge in [-0.15, -0.1) is 0 Å². The topological polar surface area (TPSA) is 0 Å². The Bertz CT molecular complexity index is 201. The first-order valence-electron chi connectivity index (χ1n) is 7.42. The molecule has 16 heavy (non-hydrogen) atoms. The van der Waals surface area contributed by atoms with E-state index in [-0.39, 0.29) is 0 Å². The maximum absolute atomic E-state index is 2.45. The maximum atomic E-state index is 2.45. The molecule has 0 nitrogen and oxygen atoms in total. The lowest BCUT2D eigenvalue weighted by Gasteiger charge is -2.42. The van der Waals surface area contributed by atoms with Crippen molar-refractivity contribution in [2.24, 2.45) is 22.7 Å². The van der Waals surface area contributed by atoms with Crippen LogP contribution in [0.5, 0.6) is 0 Å². The van der Waals surface area contributed by atoms with Crippen LogP contribution in [0.15, 0.2) is 0 Å². The second kappa shape index (κ2) is 5.10. The first-order valence-corrected chi connectivity index (χ1v) is 7.42. The molecule has 0 aliphatic heterocycles. The highest BCUT2D eigenvalue weighted by atomic mass is 14.6. The van der Waals surface area contributed by atoms with Crippen molar-refractivity contribution in [1.82, 2.24) is 0 Å². The Kier molecular flexibility index (Phi) is 4.49. The van der Waals surface area contributed by atoms with Gasteiger partial charge in [0.1, 0.15) is 0 Å². The van der Waals surface area contributed by atoms with E-state index in [4.69, 9.17) is 0 Å². The molecule has 0 aromatic rings. The van der Waals surface area contributed by atoms with E-state index < -0.39 is 0 Å². The molecule has 1 fully saturated rings. The van der Waals surface area contributed by atoms with E-state index in [2.05, 4.69) is 41.5 Å². The molecular weight excluding hydrogens is 192 g/mol. The highest BCUT2D eigenvalue weighted by Gasteiger charge is 2.55. The van der Waals surface area contributed by atoms with Gasteiger partial charge < -0.3 is 0 Å². The number of rotatable bonds is 6. The molecule has 1 aliphatic carbocycles. The van der Waals surface area contributed by atoms with Crippen molar-refractivity contribution in [2.75, 3.05) is 0 Å². The molecule has 96 valence electrons.